The number of hydrogen-bond acceptors (Lipinski definition) is 5. The normalized spacial score (nSPS) is 10.1. The van der Waals surface area contributed by atoms with Gasteiger partial charge in [-0.15, -0.1) is 5.10 Å². The number of rotatable bonds is 2. The molecule has 0 saturated carbocycles. The molecule has 2 aromatic rings. The van der Waals surface area contributed by atoms with Crippen molar-refractivity contribution in [2.24, 2.45) is 0 Å². The molecule has 1 aromatic carbocycles. The highest BCUT2D eigenvalue weighted by Crippen LogP contribution is 2.15. The predicted octanol–water partition coefficient (Wildman–Crippen LogP) is 1.51. The van der Waals surface area contributed by atoms with E-state index in [1.165, 1.54) is 18.3 Å². The van der Waals surface area contributed by atoms with Crippen LogP contribution in [-0.4, -0.2) is 15.5 Å². The molecule has 5 nitrogen and oxygen atoms in total. The van der Waals surface area contributed by atoms with Gasteiger partial charge in [0.05, 0.1) is 11.9 Å². The molecule has 0 bridgehead atoms. The SMILES string of the molecule is Nc1ccc(C(=O)Nc2cnns2)cc1F. The van der Waals surface area contributed by atoms with Crippen LogP contribution < -0.4 is 11.1 Å². The number of carbonyl (C=O) groups is 1. The second kappa shape index (κ2) is 4.23. The summed E-state index contributed by atoms with van der Waals surface area (Å²) in [6, 6.07) is 3.87. The second-order valence-electron chi connectivity index (χ2n) is 2.97. The summed E-state index contributed by atoms with van der Waals surface area (Å²) in [5, 5.41) is 6.59. The zero-order chi connectivity index (χ0) is 11.5. The van der Waals surface area contributed by atoms with Crippen LogP contribution in [0.3, 0.4) is 0 Å². The van der Waals surface area contributed by atoms with E-state index < -0.39 is 11.7 Å². The third kappa shape index (κ3) is 2.14. The molecule has 0 spiro atoms. The Labute approximate surface area is 94.3 Å². The lowest BCUT2D eigenvalue weighted by molar-refractivity contribution is 0.102. The van der Waals surface area contributed by atoms with Gasteiger partial charge in [0.2, 0.25) is 0 Å². The van der Waals surface area contributed by atoms with Crippen LogP contribution in [0.2, 0.25) is 0 Å². The molecule has 7 heteroatoms. The molecule has 3 N–H and O–H groups in total. The largest absolute Gasteiger partial charge is 0.396 e. The van der Waals surface area contributed by atoms with Gasteiger partial charge in [-0.25, -0.2) is 4.39 Å². The Bertz CT molecular complexity index is 514. The lowest BCUT2D eigenvalue weighted by Crippen LogP contribution is -2.11. The molecule has 0 aliphatic rings. The van der Waals surface area contributed by atoms with E-state index in [2.05, 4.69) is 14.9 Å². The average molecular weight is 238 g/mol. The molecule has 0 unspecified atom stereocenters. The molecule has 1 amide bonds. The summed E-state index contributed by atoms with van der Waals surface area (Å²) in [5.74, 6) is -1.04. The Hall–Kier alpha value is -2.02. The van der Waals surface area contributed by atoms with E-state index in [-0.39, 0.29) is 11.3 Å². The van der Waals surface area contributed by atoms with Crippen molar-refractivity contribution >= 4 is 28.1 Å². The molecule has 0 aliphatic carbocycles. The van der Waals surface area contributed by atoms with Crippen molar-refractivity contribution in [3.63, 3.8) is 0 Å². The van der Waals surface area contributed by atoms with E-state index in [0.29, 0.717) is 5.00 Å². The van der Waals surface area contributed by atoms with Crippen molar-refractivity contribution < 1.29 is 9.18 Å². The van der Waals surface area contributed by atoms with E-state index in [0.717, 1.165) is 17.6 Å². The minimum absolute atomic E-state index is 0.0102. The molecule has 0 aliphatic heterocycles. The number of hydrogen-bond donors (Lipinski definition) is 2. The van der Waals surface area contributed by atoms with Gasteiger partial charge in [0, 0.05) is 17.1 Å². The number of nitrogens with two attached hydrogens (primary N) is 1. The minimum Gasteiger partial charge on any atom is -0.396 e. The molecule has 2 rings (SSSR count). The Balaban J connectivity index is 2.18. The fraction of sp³-hybridized carbons (Fsp3) is 0. The average Bonchev–Trinajstić information content (AvgIpc) is 2.74. The van der Waals surface area contributed by atoms with Crippen molar-refractivity contribution in [1.29, 1.82) is 0 Å². The zero-order valence-corrected chi connectivity index (χ0v) is 8.79. The van der Waals surface area contributed by atoms with Gasteiger partial charge in [0.15, 0.2) is 0 Å². The van der Waals surface area contributed by atoms with Crippen molar-refractivity contribution in [3.05, 3.63) is 35.8 Å². The van der Waals surface area contributed by atoms with Gasteiger partial charge in [0.1, 0.15) is 10.8 Å². The molecule has 16 heavy (non-hydrogen) atoms. The van der Waals surface area contributed by atoms with E-state index in [1.54, 1.807) is 0 Å². The molecule has 0 saturated heterocycles. The standard InChI is InChI=1S/C9H7FN4OS/c10-6-3-5(1-2-7(6)11)9(15)13-8-4-12-14-16-8/h1-4H,11H2,(H,13,15). The topological polar surface area (TPSA) is 80.9 Å². The fourth-order valence-electron chi connectivity index (χ4n) is 1.07. The monoisotopic (exact) mass is 238 g/mol. The zero-order valence-electron chi connectivity index (χ0n) is 7.98. The van der Waals surface area contributed by atoms with E-state index >= 15 is 0 Å². The van der Waals surface area contributed by atoms with Crippen LogP contribution in [0.25, 0.3) is 0 Å². The molecular formula is C9H7FN4OS. The highest BCUT2D eigenvalue weighted by atomic mass is 32.1. The Morgan fingerprint density at radius 3 is 2.94 bits per heavy atom. The van der Waals surface area contributed by atoms with Gasteiger partial charge in [-0.1, -0.05) is 4.49 Å². The third-order valence-electron chi connectivity index (χ3n) is 1.86. The molecule has 0 atom stereocenters. The quantitative estimate of drug-likeness (QED) is 0.777. The number of benzene rings is 1. The van der Waals surface area contributed by atoms with Crippen molar-refractivity contribution in [2.45, 2.75) is 0 Å². The minimum atomic E-state index is -0.616. The molecule has 0 fully saturated rings. The van der Waals surface area contributed by atoms with Crippen LogP contribution in [0.4, 0.5) is 15.1 Å². The first-order chi connectivity index (χ1) is 7.66. The smallest absolute Gasteiger partial charge is 0.256 e. The molecule has 1 heterocycles. The van der Waals surface area contributed by atoms with Gasteiger partial charge in [-0.05, 0) is 18.2 Å². The highest BCUT2D eigenvalue weighted by Gasteiger charge is 2.09. The first-order valence-electron chi connectivity index (χ1n) is 4.30. The van der Waals surface area contributed by atoms with Gasteiger partial charge >= 0.3 is 0 Å². The van der Waals surface area contributed by atoms with Crippen molar-refractivity contribution in [2.75, 3.05) is 11.1 Å². The van der Waals surface area contributed by atoms with Gasteiger partial charge in [-0.3, -0.25) is 4.79 Å². The first-order valence-corrected chi connectivity index (χ1v) is 5.08. The Morgan fingerprint density at radius 1 is 1.50 bits per heavy atom. The van der Waals surface area contributed by atoms with Crippen molar-refractivity contribution in [1.82, 2.24) is 9.59 Å². The fourth-order valence-corrected chi connectivity index (χ4v) is 1.49. The van der Waals surface area contributed by atoms with Gasteiger partial charge < -0.3 is 11.1 Å². The van der Waals surface area contributed by atoms with Crippen LogP contribution in [0.15, 0.2) is 24.4 Å². The van der Waals surface area contributed by atoms with E-state index in [4.69, 9.17) is 5.73 Å². The van der Waals surface area contributed by atoms with Crippen LogP contribution in [-0.2, 0) is 0 Å². The summed E-state index contributed by atoms with van der Waals surface area (Å²) in [5.41, 5.74) is 5.50. The number of anilines is 2. The molecule has 0 radical (unpaired) electrons. The number of nitrogen functional groups attached to an aromatic ring is 1. The summed E-state index contributed by atoms with van der Waals surface area (Å²) in [6.45, 7) is 0. The second-order valence-corrected chi connectivity index (χ2v) is 3.76. The van der Waals surface area contributed by atoms with Crippen molar-refractivity contribution in [3.8, 4) is 0 Å². The number of carbonyl (C=O) groups excluding carboxylic acids is 1. The van der Waals surface area contributed by atoms with E-state index in [9.17, 15) is 9.18 Å². The molecular weight excluding hydrogens is 231 g/mol. The molecule has 1 aromatic heterocycles. The molecule has 82 valence electrons. The van der Waals surface area contributed by atoms with Gasteiger partial charge in [0.25, 0.3) is 5.91 Å². The summed E-state index contributed by atoms with van der Waals surface area (Å²) >= 11 is 1.04. The number of aromatic nitrogens is 2. The maximum atomic E-state index is 13.1. The van der Waals surface area contributed by atoms with Crippen LogP contribution in [0, 0.1) is 5.82 Å². The number of halogens is 1. The van der Waals surface area contributed by atoms with E-state index in [1.807, 2.05) is 0 Å². The number of amides is 1. The maximum Gasteiger partial charge on any atom is 0.256 e. The Kier molecular flexibility index (Phi) is 2.78. The van der Waals surface area contributed by atoms with Crippen LogP contribution >= 0.6 is 11.5 Å². The first kappa shape index (κ1) is 10.5. The number of nitrogens with one attached hydrogen (secondary N) is 1. The van der Waals surface area contributed by atoms with Crippen LogP contribution in [0.1, 0.15) is 10.4 Å². The lowest BCUT2D eigenvalue weighted by atomic mass is 10.2. The Morgan fingerprint density at radius 2 is 2.31 bits per heavy atom. The highest BCUT2D eigenvalue weighted by molar-refractivity contribution is 7.10. The summed E-state index contributed by atoms with van der Waals surface area (Å²) in [6.07, 6.45) is 1.41. The summed E-state index contributed by atoms with van der Waals surface area (Å²) in [4.78, 5) is 11.6. The lowest BCUT2D eigenvalue weighted by Gasteiger charge is -2.02. The van der Waals surface area contributed by atoms with Gasteiger partial charge in [-0.2, -0.15) is 0 Å². The summed E-state index contributed by atoms with van der Waals surface area (Å²) in [7, 11) is 0. The number of nitrogens with zero attached hydrogens (tertiary/aromatic N) is 2. The third-order valence-corrected chi connectivity index (χ3v) is 2.44. The van der Waals surface area contributed by atoms with Crippen LogP contribution in [0.5, 0.6) is 0 Å². The maximum absolute atomic E-state index is 13.1. The predicted molar refractivity (Wildman–Crippen MR) is 58.7 cm³/mol. The summed E-state index contributed by atoms with van der Waals surface area (Å²) < 4.78 is 16.7.